The molecule has 1 amide bonds. The highest BCUT2D eigenvalue weighted by molar-refractivity contribution is 7.92. The van der Waals surface area contributed by atoms with Gasteiger partial charge in [0.05, 0.1) is 24.8 Å². The highest BCUT2D eigenvalue weighted by Gasteiger charge is 2.23. The van der Waals surface area contributed by atoms with Gasteiger partial charge in [0.1, 0.15) is 18.1 Å². The first-order valence-electron chi connectivity index (χ1n) is 9.08. The van der Waals surface area contributed by atoms with Crippen LogP contribution >= 0.6 is 0 Å². The van der Waals surface area contributed by atoms with E-state index < -0.39 is 28.3 Å². The minimum Gasteiger partial charge on any atom is -0.494 e. The van der Waals surface area contributed by atoms with Crippen molar-refractivity contribution in [1.82, 2.24) is 5.43 Å². The minimum absolute atomic E-state index is 0.201. The standard InChI is InChI=1S/C20H24FN3O4S/c1-3-4-13-28-17-11-9-16(10-12-17)14-22-23-20(25)15-24(29(2,26)27)19-8-6-5-7-18(19)21/h5-12,14H,3-4,13,15H2,1-2H3,(H,23,25)/b22-14-. The number of unbranched alkanes of at least 4 members (excludes halogenated alkanes) is 1. The van der Waals surface area contributed by atoms with Crippen molar-refractivity contribution in [3.05, 3.63) is 59.9 Å². The largest absolute Gasteiger partial charge is 0.494 e. The van der Waals surface area contributed by atoms with Crippen molar-refractivity contribution in [3.63, 3.8) is 0 Å². The van der Waals surface area contributed by atoms with Crippen LogP contribution in [0.15, 0.2) is 53.6 Å². The van der Waals surface area contributed by atoms with Gasteiger partial charge in [0.2, 0.25) is 10.0 Å². The summed E-state index contributed by atoms with van der Waals surface area (Å²) in [7, 11) is -3.86. The van der Waals surface area contributed by atoms with E-state index in [1.165, 1.54) is 24.4 Å². The molecule has 2 rings (SSSR count). The molecular weight excluding hydrogens is 397 g/mol. The van der Waals surface area contributed by atoms with E-state index in [0.29, 0.717) is 10.9 Å². The van der Waals surface area contributed by atoms with E-state index in [1.54, 1.807) is 24.3 Å². The zero-order chi connectivity index (χ0) is 21.3. The molecule has 29 heavy (non-hydrogen) atoms. The number of rotatable bonds is 10. The summed E-state index contributed by atoms with van der Waals surface area (Å²) in [6.45, 7) is 2.14. The van der Waals surface area contributed by atoms with Gasteiger partial charge in [0.25, 0.3) is 5.91 Å². The lowest BCUT2D eigenvalue weighted by molar-refractivity contribution is -0.119. The summed E-state index contributed by atoms with van der Waals surface area (Å²) >= 11 is 0. The summed E-state index contributed by atoms with van der Waals surface area (Å²) in [6, 6.07) is 12.5. The fourth-order valence-electron chi connectivity index (χ4n) is 2.36. The van der Waals surface area contributed by atoms with Crippen molar-refractivity contribution in [2.24, 2.45) is 5.10 Å². The number of amides is 1. The van der Waals surface area contributed by atoms with Crippen LogP contribution in [0, 0.1) is 5.82 Å². The Morgan fingerprint density at radius 3 is 2.52 bits per heavy atom. The lowest BCUT2D eigenvalue weighted by Gasteiger charge is -2.21. The van der Waals surface area contributed by atoms with Crippen molar-refractivity contribution < 1.29 is 22.3 Å². The van der Waals surface area contributed by atoms with Crippen molar-refractivity contribution in [1.29, 1.82) is 0 Å². The van der Waals surface area contributed by atoms with Crippen LogP contribution in [0.5, 0.6) is 5.75 Å². The van der Waals surface area contributed by atoms with Crippen LogP contribution in [0.4, 0.5) is 10.1 Å². The number of hydrogen-bond acceptors (Lipinski definition) is 5. The number of hydrazone groups is 1. The van der Waals surface area contributed by atoms with E-state index in [0.717, 1.165) is 36.5 Å². The lowest BCUT2D eigenvalue weighted by atomic mass is 10.2. The molecule has 156 valence electrons. The molecule has 0 aromatic heterocycles. The first-order chi connectivity index (χ1) is 13.8. The summed E-state index contributed by atoms with van der Waals surface area (Å²) in [6.07, 6.45) is 4.35. The van der Waals surface area contributed by atoms with Gasteiger partial charge in [-0.3, -0.25) is 9.10 Å². The fourth-order valence-corrected chi connectivity index (χ4v) is 3.22. The van der Waals surface area contributed by atoms with Gasteiger partial charge in [-0.1, -0.05) is 25.5 Å². The van der Waals surface area contributed by atoms with Gasteiger partial charge < -0.3 is 4.74 Å². The molecule has 0 bridgehead atoms. The molecule has 0 atom stereocenters. The number of carbonyl (C=O) groups is 1. The number of benzene rings is 2. The molecule has 7 nitrogen and oxygen atoms in total. The summed E-state index contributed by atoms with van der Waals surface area (Å²) in [5, 5.41) is 3.82. The van der Waals surface area contributed by atoms with Gasteiger partial charge in [-0.2, -0.15) is 5.10 Å². The Labute approximate surface area is 170 Å². The second kappa shape index (κ2) is 10.6. The summed E-state index contributed by atoms with van der Waals surface area (Å²) in [5.41, 5.74) is 2.77. The fraction of sp³-hybridized carbons (Fsp3) is 0.300. The first-order valence-corrected chi connectivity index (χ1v) is 10.9. The van der Waals surface area contributed by atoms with Gasteiger partial charge in [-0.05, 0) is 48.4 Å². The maximum absolute atomic E-state index is 13.9. The maximum Gasteiger partial charge on any atom is 0.260 e. The number of para-hydroxylation sites is 1. The molecule has 1 N–H and O–H groups in total. The molecule has 9 heteroatoms. The van der Waals surface area contributed by atoms with Gasteiger partial charge in [0, 0.05) is 0 Å². The van der Waals surface area contributed by atoms with Gasteiger partial charge in [-0.25, -0.2) is 18.2 Å². The molecule has 0 radical (unpaired) electrons. The number of nitrogens with zero attached hydrogens (tertiary/aromatic N) is 2. The Morgan fingerprint density at radius 1 is 1.21 bits per heavy atom. The maximum atomic E-state index is 13.9. The molecule has 2 aromatic carbocycles. The van der Waals surface area contributed by atoms with Crippen molar-refractivity contribution in [2.45, 2.75) is 19.8 Å². The molecule has 0 unspecified atom stereocenters. The minimum atomic E-state index is -3.86. The first kappa shape index (κ1) is 22.4. The van der Waals surface area contributed by atoms with Crippen LogP contribution in [0.2, 0.25) is 0 Å². The Bertz CT molecular complexity index is 946. The molecule has 0 saturated heterocycles. The number of anilines is 1. The average molecular weight is 421 g/mol. The molecule has 0 saturated carbocycles. The molecule has 0 aliphatic rings. The topological polar surface area (TPSA) is 88.1 Å². The predicted molar refractivity (Wildman–Crippen MR) is 111 cm³/mol. The number of sulfonamides is 1. The number of hydrogen-bond donors (Lipinski definition) is 1. The Kier molecular flexibility index (Phi) is 8.14. The van der Waals surface area contributed by atoms with Crippen LogP contribution in [0.3, 0.4) is 0 Å². The normalized spacial score (nSPS) is 11.4. The van der Waals surface area contributed by atoms with Crippen molar-refractivity contribution >= 4 is 27.8 Å². The van der Waals surface area contributed by atoms with Gasteiger partial charge in [-0.15, -0.1) is 0 Å². The second-order valence-electron chi connectivity index (χ2n) is 6.29. The lowest BCUT2D eigenvalue weighted by Crippen LogP contribution is -2.39. The van der Waals surface area contributed by atoms with Crippen molar-refractivity contribution in [3.8, 4) is 5.75 Å². The van der Waals surface area contributed by atoms with Crippen LogP contribution in [0.25, 0.3) is 0 Å². The summed E-state index contributed by atoms with van der Waals surface area (Å²) in [5.74, 6) is -0.696. The summed E-state index contributed by atoms with van der Waals surface area (Å²) in [4.78, 5) is 12.1. The Morgan fingerprint density at radius 2 is 1.90 bits per heavy atom. The monoisotopic (exact) mass is 421 g/mol. The van der Waals surface area contributed by atoms with E-state index in [-0.39, 0.29) is 5.69 Å². The molecule has 0 fully saturated rings. The third kappa shape index (κ3) is 7.19. The Hall–Kier alpha value is -2.94. The zero-order valence-electron chi connectivity index (χ0n) is 16.3. The molecule has 0 heterocycles. The van der Waals surface area contributed by atoms with Crippen molar-refractivity contribution in [2.75, 3.05) is 23.7 Å². The molecule has 0 aliphatic heterocycles. The average Bonchev–Trinajstić information content (AvgIpc) is 2.67. The Balaban J connectivity index is 1.96. The van der Waals surface area contributed by atoms with Crippen LogP contribution < -0.4 is 14.5 Å². The van der Waals surface area contributed by atoms with Crippen LogP contribution in [0.1, 0.15) is 25.3 Å². The van der Waals surface area contributed by atoms with E-state index in [4.69, 9.17) is 4.74 Å². The third-order valence-corrected chi connectivity index (χ3v) is 4.98. The van der Waals surface area contributed by atoms with E-state index in [1.807, 2.05) is 0 Å². The number of nitrogens with one attached hydrogen (secondary N) is 1. The van der Waals surface area contributed by atoms with Gasteiger partial charge in [0.15, 0.2) is 0 Å². The van der Waals surface area contributed by atoms with E-state index in [9.17, 15) is 17.6 Å². The molecule has 0 spiro atoms. The van der Waals surface area contributed by atoms with E-state index >= 15 is 0 Å². The number of carbonyl (C=O) groups excluding carboxylic acids is 1. The molecular formula is C20H24FN3O4S. The third-order valence-electron chi connectivity index (χ3n) is 3.86. The molecule has 0 aliphatic carbocycles. The predicted octanol–water partition coefficient (Wildman–Crippen LogP) is 2.92. The highest BCUT2D eigenvalue weighted by Crippen LogP contribution is 2.20. The highest BCUT2D eigenvalue weighted by atomic mass is 32.2. The van der Waals surface area contributed by atoms with Gasteiger partial charge >= 0.3 is 0 Å². The van der Waals surface area contributed by atoms with Crippen LogP contribution in [-0.4, -0.2) is 39.9 Å². The molecule has 2 aromatic rings. The number of ether oxygens (including phenoxy) is 1. The quantitative estimate of drug-likeness (QED) is 0.363. The zero-order valence-corrected chi connectivity index (χ0v) is 17.2. The smallest absolute Gasteiger partial charge is 0.260 e. The second-order valence-corrected chi connectivity index (χ2v) is 8.19. The number of halogens is 1. The van der Waals surface area contributed by atoms with E-state index in [2.05, 4.69) is 17.5 Å². The SMILES string of the molecule is CCCCOc1ccc(/C=N\NC(=O)CN(c2ccccc2F)S(C)(=O)=O)cc1. The summed E-state index contributed by atoms with van der Waals surface area (Å²) < 4.78 is 44.1. The van der Waals surface area contributed by atoms with Crippen LogP contribution in [-0.2, 0) is 14.8 Å².